The Morgan fingerprint density at radius 3 is 2.32 bits per heavy atom. The highest BCUT2D eigenvalue weighted by Gasteiger charge is 2.28. The lowest BCUT2D eigenvalue weighted by molar-refractivity contribution is -0.115. The third kappa shape index (κ3) is 4.45. The molecule has 1 aliphatic rings. The summed E-state index contributed by atoms with van der Waals surface area (Å²) in [4.78, 5) is 12.6. The van der Waals surface area contributed by atoms with E-state index in [-0.39, 0.29) is 17.2 Å². The lowest BCUT2D eigenvalue weighted by atomic mass is 10.1. The first-order valence-corrected chi connectivity index (χ1v) is 10.5. The van der Waals surface area contributed by atoms with Crippen molar-refractivity contribution in [1.29, 1.82) is 0 Å². The number of nitrogens with zero attached hydrogens (tertiary/aromatic N) is 1. The fourth-order valence-corrected chi connectivity index (χ4v) is 4.69. The minimum atomic E-state index is -3.58. The van der Waals surface area contributed by atoms with Gasteiger partial charge in [-0.15, -0.1) is 0 Å². The number of amides is 1. The van der Waals surface area contributed by atoms with Gasteiger partial charge in [0.2, 0.25) is 15.9 Å². The zero-order valence-corrected chi connectivity index (χ0v) is 16.8. The van der Waals surface area contributed by atoms with E-state index in [1.54, 1.807) is 25.3 Å². The Morgan fingerprint density at radius 1 is 1.04 bits per heavy atom. The third-order valence-corrected chi connectivity index (χ3v) is 6.57. The van der Waals surface area contributed by atoms with Gasteiger partial charge in [-0.2, -0.15) is 4.31 Å². The van der Waals surface area contributed by atoms with Crippen molar-refractivity contribution in [2.45, 2.75) is 24.2 Å². The molecule has 0 radical (unpaired) electrons. The Balaban J connectivity index is 1.78. The number of carbonyl (C=O) groups excluding carboxylic acids is 1. The molecule has 0 saturated carbocycles. The first-order chi connectivity index (χ1) is 13.4. The van der Waals surface area contributed by atoms with Crippen LogP contribution in [0.25, 0.3) is 0 Å². The zero-order chi connectivity index (χ0) is 20.1. The van der Waals surface area contributed by atoms with Crippen LogP contribution in [0.4, 0.5) is 5.69 Å². The van der Waals surface area contributed by atoms with E-state index in [1.807, 2.05) is 12.1 Å². The van der Waals surface area contributed by atoms with Gasteiger partial charge in [-0.3, -0.25) is 4.79 Å². The van der Waals surface area contributed by atoms with Crippen molar-refractivity contribution in [3.05, 3.63) is 48.0 Å². The molecule has 1 aliphatic heterocycles. The van der Waals surface area contributed by atoms with Gasteiger partial charge in [0, 0.05) is 13.1 Å². The molecule has 0 unspecified atom stereocenters. The predicted molar refractivity (Wildman–Crippen MR) is 106 cm³/mol. The van der Waals surface area contributed by atoms with Crippen LogP contribution in [-0.4, -0.2) is 45.9 Å². The fourth-order valence-electron chi connectivity index (χ4n) is 3.15. The Bertz CT molecular complexity index is 936. The third-order valence-electron chi connectivity index (χ3n) is 4.67. The monoisotopic (exact) mass is 404 g/mol. The average molecular weight is 404 g/mol. The topological polar surface area (TPSA) is 84.9 Å². The van der Waals surface area contributed by atoms with E-state index in [1.165, 1.54) is 23.5 Å². The minimum absolute atomic E-state index is 0.148. The number of sulfonamides is 1. The van der Waals surface area contributed by atoms with E-state index in [0.717, 1.165) is 18.4 Å². The number of nitrogens with one attached hydrogen (secondary N) is 1. The Morgan fingerprint density at radius 2 is 1.71 bits per heavy atom. The van der Waals surface area contributed by atoms with Gasteiger partial charge < -0.3 is 14.8 Å². The van der Waals surface area contributed by atoms with Crippen molar-refractivity contribution in [2.24, 2.45) is 0 Å². The number of carbonyl (C=O) groups is 1. The van der Waals surface area contributed by atoms with Crippen molar-refractivity contribution < 1.29 is 22.7 Å². The maximum Gasteiger partial charge on any atom is 0.243 e. The van der Waals surface area contributed by atoms with Gasteiger partial charge >= 0.3 is 0 Å². The highest BCUT2D eigenvalue weighted by Crippen LogP contribution is 2.30. The molecule has 1 fully saturated rings. The molecule has 3 rings (SSSR count). The Labute approximate surface area is 165 Å². The second-order valence-electron chi connectivity index (χ2n) is 6.55. The van der Waals surface area contributed by atoms with E-state index in [2.05, 4.69) is 5.32 Å². The Kier molecular flexibility index (Phi) is 6.21. The van der Waals surface area contributed by atoms with Crippen LogP contribution in [0.15, 0.2) is 47.4 Å². The van der Waals surface area contributed by atoms with Gasteiger partial charge in [0.1, 0.15) is 11.5 Å². The summed E-state index contributed by atoms with van der Waals surface area (Å²) in [5.41, 5.74) is 1.15. The summed E-state index contributed by atoms with van der Waals surface area (Å²) in [7, 11) is -0.520. The maximum atomic E-state index is 12.8. The summed E-state index contributed by atoms with van der Waals surface area (Å²) in [6.07, 6.45) is 1.87. The normalized spacial score (nSPS) is 14.6. The lowest BCUT2D eigenvalue weighted by Crippen LogP contribution is -2.28. The highest BCUT2D eigenvalue weighted by atomic mass is 32.2. The number of rotatable bonds is 7. The second-order valence-corrected chi connectivity index (χ2v) is 8.48. The van der Waals surface area contributed by atoms with E-state index in [9.17, 15) is 13.2 Å². The molecule has 0 atom stereocenters. The number of methoxy groups -OCH3 is 2. The molecule has 28 heavy (non-hydrogen) atoms. The van der Waals surface area contributed by atoms with Crippen LogP contribution in [0.5, 0.6) is 11.5 Å². The molecule has 7 nitrogen and oxygen atoms in total. The molecule has 1 N–H and O–H groups in total. The number of ether oxygens (including phenoxy) is 2. The van der Waals surface area contributed by atoms with Crippen molar-refractivity contribution in [3.63, 3.8) is 0 Å². The second kappa shape index (κ2) is 8.62. The highest BCUT2D eigenvalue weighted by molar-refractivity contribution is 7.89. The SMILES string of the molecule is COc1ccc(CC(=O)Nc2cc(S(=O)(=O)N3CCCC3)ccc2OC)cc1. The fraction of sp³-hybridized carbons (Fsp3) is 0.350. The van der Waals surface area contributed by atoms with Crippen LogP contribution in [0.3, 0.4) is 0 Å². The van der Waals surface area contributed by atoms with Gasteiger partial charge in [-0.1, -0.05) is 12.1 Å². The molecule has 1 amide bonds. The van der Waals surface area contributed by atoms with E-state index < -0.39 is 10.0 Å². The number of hydrogen-bond acceptors (Lipinski definition) is 5. The van der Waals surface area contributed by atoms with Gasteiger partial charge in [-0.25, -0.2) is 8.42 Å². The molecule has 150 valence electrons. The van der Waals surface area contributed by atoms with Crippen molar-refractivity contribution in [3.8, 4) is 11.5 Å². The first-order valence-electron chi connectivity index (χ1n) is 9.05. The molecule has 8 heteroatoms. The van der Waals surface area contributed by atoms with Crippen LogP contribution in [-0.2, 0) is 21.2 Å². The van der Waals surface area contributed by atoms with Gasteiger partial charge in [0.15, 0.2) is 0 Å². The maximum absolute atomic E-state index is 12.8. The molecular weight excluding hydrogens is 380 g/mol. The summed E-state index contributed by atoms with van der Waals surface area (Å²) >= 11 is 0. The largest absolute Gasteiger partial charge is 0.497 e. The zero-order valence-electron chi connectivity index (χ0n) is 16.0. The summed E-state index contributed by atoms with van der Waals surface area (Å²) in [5, 5.41) is 2.76. The van der Waals surface area contributed by atoms with Crippen LogP contribution < -0.4 is 14.8 Å². The van der Waals surface area contributed by atoms with Crippen molar-refractivity contribution in [1.82, 2.24) is 4.31 Å². The average Bonchev–Trinajstić information content (AvgIpc) is 3.24. The number of benzene rings is 2. The van der Waals surface area contributed by atoms with Crippen molar-refractivity contribution >= 4 is 21.6 Å². The molecule has 0 spiro atoms. The summed E-state index contributed by atoms with van der Waals surface area (Å²) in [6.45, 7) is 1.04. The summed E-state index contributed by atoms with van der Waals surface area (Å²) < 4.78 is 37.4. The first kappa shape index (κ1) is 20.2. The quantitative estimate of drug-likeness (QED) is 0.767. The van der Waals surface area contributed by atoms with Crippen molar-refractivity contribution in [2.75, 3.05) is 32.6 Å². The molecule has 1 saturated heterocycles. The van der Waals surface area contributed by atoms with E-state index >= 15 is 0 Å². The smallest absolute Gasteiger partial charge is 0.243 e. The summed E-state index contributed by atoms with van der Waals surface area (Å²) in [5.74, 6) is 0.855. The van der Waals surface area contributed by atoms with Crippen LogP contribution in [0, 0.1) is 0 Å². The van der Waals surface area contributed by atoms with Gasteiger partial charge in [0.25, 0.3) is 0 Å². The molecule has 0 aliphatic carbocycles. The van der Waals surface area contributed by atoms with E-state index in [4.69, 9.17) is 9.47 Å². The summed E-state index contributed by atoms with van der Waals surface area (Å²) in [6, 6.07) is 11.7. The molecular formula is C20H24N2O5S. The minimum Gasteiger partial charge on any atom is -0.497 e. The van der Waals surface area contributed by atoms with E-state index in [0.29, 0.717) is 30.3 Å². The standard InChI is InChI=1S/C20H24N2O5S/c1-26-16-7-5-15(6-8-16)13-20(23)21-18-14-17(9-10-19(18)27-2)28(24,25)22-11-3-4-12-22/h5-10,14H,3-4,11-13H2,1-2H3,(H,21,23). The Hall–Kier alpha value is -2.58. The molecule has 0 bridgehead atoms. The van der Waals surface area contributed by atoms with Gasteiger partial charge in [0.05, 0.1) is 31.2 Å². The predicted octanol–water partition coefficient (Wildman–Crippen LogP) is 2.67. The molecule has 2 aromatic rings. The number of anilines is 1. The molecule has 2 aromatic carbocycles. The van der Waals surface area contributed by atoms with Gasteiger partial charge in [-0.05, 0) is 48.7 Å². The molecule has 0 aromatic heterocycles. The van der Waals surface area contributed by atoms with Crippen LogP contribution >= 0.6 is 0 Å². The molecule has 1 heterocycles. The lowest BCUT2D eigenvalue weighted by Gasteiger charge is -2.17. The number of hydrogen-bond donors (Lipinski definition) is 1. The van der Waals surface area contributed by atoms with Crippen LogP contribution in [0.1, 0.15) is 18.4 Å². The van der Waals surface area contributed by atoms with Crippen LogP contribution in [0.2, 0.25) is 0 Å².